The topological polar surface area (TPSA) is 75.2 Å². The van der Waals surface area contributed by atoms with Crippen molar-refractivity contribution in [3.63, 3.8) is 0 Å². The van der Waals surface area contributed by atoms with Crippen LogP contribution in [-0.2, 0) is 17.8 Å². The fraction of sp³-hybridized carbons (Fsp3) is 0.312. The van der Waals surface area contributed by atoms with E-state index < -0.39 is 11.2 Å². The lowest BCUT2D eigenvalue weighted by Gasteiger charge is -2.25. The van der Waals surface area contributed by atoms with E-state index in [1.807, 2.05) is 18.2 Å². The molecule has 0 fully saturated rings. The third-order valence-corrected chi connectivity index (χ3v) is 4.16. The summed E-state index contributed by atoms with van der Waals surface area (Å²) in [6.45, 7) is -0.0786. The second-order valence-corrected chi connectivity index (χ2v) is 5.50. The highest BCUT2D eigenvalue weighted by Gasteiger charge is 2.28. The number of likely N-dealkylation sites (N-methyl/N-ethyl adjacent to an activating group) is 1. The van der Waals surface area contributed by atoms with Gasteiger partial charge in [0.2, 0.25) is 5.91 Å². The predicted octanol–water partition coefficient (Wildman–Crippen LogP) is 0.682. The Morgan fingerprint density at radius 2 is 2.09 bits per heavy atom. The molecule has 1 heterocycles. The van der Waals surface area contributed by atoms with Gasteiger partial charge in [-0.2, -0.15) is 0 Å². The molecule has 1 aliphatic rings. The maximum Gasteiger partial charge on any atom is 0.328 e. The molecule has 1 aromatic heterocycles. The summed E-state index contributed by atoms with van der Waals surface area (Å²) in [5.41, 5.74) is 1.41. The Kier molecular flexibility index (Phi) is 3.66. The van der Waals surface area contributed by atoms with Gasteiger partial charge in [-0.3, -0.25) is 19.1 Å². The van der Waals surface area contributed by atoms with Crippen LogP contribution in [-0.4, -0.2) is 27.4 Å². The number of nitrogens with one attached hydrogen (secondary N) is 1. The number of nitrogens with zero attached hydrogens (tertiary/aromatic N) is 2. The van der Waals surface area contributed by atoms with Gasteiger partial charge in [0.05, 0.1) is 6.04 Å². The van der Waals surface area contributed by atoms with Crippen molar-refractivity contribution in [3.8, 4) is 0 Å². The summed E-state index contributed by atoms with van der Waals surface area (Å²) < 4.78 is 1.21. The Bertz CT molecular complexity index is 822. The Morgan fingerprint density at radius 3 is 2.86 bits per heavy atom. The highest BCUT2D eigenvalue weighted by molar-refractivity contribution is 5.76. The first-order valence-corrected chi connectivity index (χ1v) is 7.19. The van der Waals surface area contributed by atoms with E-state index in [0.29, 0.717) is 0 Å². The smallest absolute Gasteiger partial charge is 0.328 e. The highest BCUT2D eigenvalue weighted by atomic mass is 16.2. The van der Waals surface area contributed by atoms with Crippen LogP contribution in [0.5, 0.6) is 0 Å². The first kappa shape index (κ1) is 14.3. The molecule has 22 heavy (non-hydrogen) atoms. The van der Waals surface area contributed by atoms with E-state index in [1.165, 1.54) is 28.0 Å². The van der Waals surface area contributed by atoms with Crippen molar-refractivity contribution in [1.82, 2.24) is 14.5 Å². The SMILES string of the molecule is CN(C(=O)Cn1ccc(=O)[nH]c1=O)C1CCc2ccccc21. The summed E-state index contributed by atoms with van der Waals surface area (Å²) >= 11 is 0. The van der Waals surface area contributed by atoms with Gasteiger partial charge >= 0.3 is 5.69 Å². The number of aromatic amines is 1. The number of fused-ring (bicyclic) bond motifs is 1. The molecule has 1 unspecified atom stereocenters. The Hall–Kier alpha value is -2.63. The van der Waals surface area contributed by atoms with Crippen LogP contribution in [0.15, 0.2) is 46.1 Å². The third-order valence-electron chi connectivity index (χ3n) is 4.16. The van der Waals surface area contributed by atoms with E-state index in [2.05, 4.69) is 11.1 Å². The minimum Gasteiger partial charge on any atom is -0.337 e. The van der Waals surface area contributed by atoms with Gasteiger partial charge in [0.15, 0.2) is 0 Å². The summed E-state index contributed by atoms with van der Waals surface area (Å²) in [6.07, 6.45) is 3.19. The van der Waals surface area contributed by atoms with Crippen molar-refractivity contribution >= 4 is 5.91 Å². The molecule has 1 N–H and O–H groups in total. The number of H-pyrrole nitrogens is 1. The van der Waals surface area contributed by atoms with Crippen LogP contribution in [0.1, 0.15) is 23.6 Å². The number of amides is 1. The van der Waals surface area contributed by atoms with Crippen molar-refractivity contribution in [1.29, 1.82) is 0 Å². The lowest BCUT2D eigenvalue weighted by Crippen LogP contribution is -2.37. The second kappa shape index (κ2) is 5.63. The molecule has 114 valence electrons. The molecule has 2 aromatic rings. The molecule has 0 saturated heterocycles. The number of carbonyl (C=O) groups is 1. The lowest BCUT2D eigenvalue weighted by atomic mass is 10.1. The van der Waals surface area contributed by atoms with Crippen molar-refractivity contribution in [3.05, 3.63) is 68.5 Å². The largest absolute Gasteiger partial charge is 0.337 e. The molecule has 0 aliphatic heterocycles. The van der Waals surface area contributed by atoms with Crippen LogP contribution < -0.4 is 11.2 Å². The summed E-state index contributed by atoms with van der Waals surface area (Å²) in [7, 11) is 1.76. The Balaban J connectivity index is 1.78. The first-order valence-electron chi connectivity index (χ1n) is 7.19. The number of carbonyl (C=O) groups excluding carboxylic acids is 1. The molecule has 3 rings (SSSR count). The minimum absolute atomic E-state index is 0.0437. The molecule has 1 aliphatic carbocycles. The van der Waals surface area contributed by atoms with Crippen molar-refractivity contribution < 1.29 is 4.79 Å². The number of benzene rings is 1. The van der Waals surface area contributed by atoms with Crippen molar-refractivity contribution in [2.45, 2.75) is 25.4 Å². The summed E-state index contributed by atoms with van der Waals surface area (Å²) in [6, 6.07) is 9.38. The number of hydrogen-bond donors (Lipinski definition) is 1. The fourth-order valence-corrected chi connectivity index (χ4v) is 2.94. The Labute approximate surface area is 127 Å². The molecule has 0 spiro atoms. The van der Waals surface area contributed by atoms with Crippen molar-refractivity contribution in [2.24, 2.45) is 0 Å². The zero-order valence-electron chi connectivity index (χ0n) is 12.3. The summed E-state index contributed by atoms with van der Waals surface area (Å²) in [5, 5.41) is 0. The quantitative estimate of drug-likeness (QED) is 0.905. The van der Waals surface area contributed by atoms with E-state index in [9.17, 15) is 14.4 Å². The molecule has 0 radical (unpaired) electrons. The number of rotatable bonds is 3. The van der Waals surface area contributed by atoms with Crippen molar-refractivity contribution in [2.75, 3.05) is 7.05 Å². The normalized spacial score (nSPS) is 16.3. The predicted molar refractivity (Wildman–Crippen MR) is 81.6 cm³/mol. The molecule has 0 bridgehead atoms. The average Bonchev–Trinajstić information content (AvgIpc) is 2.93. The molecule has 0 saturated carbocycles. The number of aryl methyl sites for hydroxylation is 1. The average molecular weight is 299 g/mol. The zero-order valence-corrected chi connectivity index (χ0v) is 12.3. The van der Waals surface area contributed by atoms with E-state index in [1.54, 1.807) is 11.9 Å². The van der Waals surface area contributed by atoms with E-state index in [4.69, 9.17) is 0 Å². The monoisotopic (exact) mass is 299 g/mol. The van der Waals surface area contributed by atoms with Gasteiger partial charge < -0.3 is 4.90 Å². The van der Waals surface area contributed by atoms with Crippen LogP contribution in [0, 0.1) is 0 Å². The standard InChI is InChI=1S/C16H17N3O3/c1-18(13-7-6-11-4-2-3-5-12(11)13)15(21)10-19-9-8-14(20)17-16(19)22/h2-5,8-9,13H,6-7,10H2,1H3,(H,17,20,22). The molecular weight excluding hydrogens is 282 g/mol. The molecule has 6 heteroatoms. The number of aromatic nitrogens is 2. The Morgan fingerprint density at radius 1 is 1.32 bits per heavy atom. The number of hydrogen-bond acceptors (Lipinski definition) is 3. The summed E-state index contributed by atoms with van der Waals surface area (Å²) in [5.74, 6) is -0.157. The fourth-order valence-electron chi connectivity index (χ4n) is 2.94. The van der Waals surface area contributed by atoms with Gasteiger partial charge in [0.1, 0.15) is 6.54 Å². The van der Waals surface area contributed by atoms with Gasteiger partial charge in [-0.15, -0.1) is 0 Å². The molecule has 1 atom stereocenters. The van der Waals surface area contributed by atoms with Gasteiger partial charge in [-0.25, -0.2) is 4.79 Å². The van der Waals surface area contributed by atoms with Gasteiger partial charge in [-0.1, -0.05) is 24.3 Å². The maximum absolute atomic E-state index is 12.4. The van der Waals surface area contributed by atoms with Crippen LogP contribution in [0.4, 0.5) is 0 Å². The molecule has 6 nitrogen and oxygen atoms in total. The first-order chi connectivity index (χ1) is 10.6. The molecular formula is C16H17N3O3. The minimum atomic E-state index is -0.568. The third kappa shape index (κ3) is 2.59. The van der Waals surface area contributed by atoms with Gasteiger partial charge in [0.25, 0.3) is 5.56 Å². The summed E-state index contributed by atoms with van der Waals surface area (Å²) in [4.78, 5) is 39.0. The van der Waals surface area contributed by atoms with Crippen LogP contribution in [0.2, 0.25) is 0 Å². The van der Waals surface area contributed by atoms with E-state index in [0.717, 1.165) is 12.8 Å². The van der Waals surface area contributed by atoms with Crippen LogP contribution >= 0.6 is 0 Å². The van der Waals surface area contributed by atoms with E-state index >= 15 is 0 Å². The highest BCUT2D eigenvalue weighted by Crippen LogP contribution is 2.34. The van der Waals surface area contributed by atoms with Gasteiger partial charge in [-0.05, 0) is 24.0 Å². The molecule has 1 aromatic carbocycles. The van der Waals surface area contributed by atoms with Gasteiger partial charge in [0, 0.05) is 19.3 Å². The second-order valence-electron chi connectivity index (χ2n) is 5.50. The lowest BCUT2D eigenvalue weighted by molar-refractivity contribution is -0.132. The van der Waals surface area contributed by atoms with E-state index in [-0.39, 0.29) is 18.5 Å². The van der Waals surface area contributed by atoms with Crippen LogP contribution in [0.3, 0.4) is 0 Å². The van der Waals surface area contributed by atoms with Crippen LogP contribution in [0.25, 0.3) is 0 Å². The molecule has 1 amide bonds. The zero-order chi connectivity index (χ0) is 15.7. The maximum atomic E-state index is 12.4.